The van der Waals surface area contributed by atoms with E-state index in [-0.39, 0.29) is 0 Å². The first-order chi connectivity index (χ1) is 15.5. The predicted molar refractivity (Wildman–Crippen MR) is 131 cm³/mol. The van der Waals surface area contributed by atoms with Crippen molar-refractivity contribution >= 4 is 32.5 Å². The maximum atomic E-state index is 5.19. The molecule has 8 heteroatoms. The highest BCUT2D eigenvalue weighted by molar-refractivity contribution is 7.21. The average Bonchev–Trinajstić information content (AvgIpc) is 3.13. The second kappa shape index (κ2) is 7.56. The van der Waals surface area contributed by atoms with Gasteiger partial charge in [0.05, 0.1) is 5.69 Å². The van der Waals surface area contributed by atoms with E-state index in [0.717, 1.165) is 58.7 Å². The van der Waals surface area contributed by atoms with Crippen LogP contribution in [0.5, 0.6) is 0 Å². The Labute approximate surface area is 192 Å². The van der Waals surface area contributed by atoms with Crippen LogP contribution in [-0.2, 0) is 0 Å². The molecule has 0 spiro atoms. The van der Waals surface area contributed by atoms with E-state index in [9.17, 15) is 0 Å². The number of aromatic amines is 1. The van der Waals surface area contributed by atoms with Gasteiger partial charge in [0.2, 0.25) is 0 Å². The Morgan fingerprint density at radius 3 is 2.84 bits per heavy atom. The van der Waals surface area contributed by atoms with E-state index in [0.29, 0.717) is 12.0 Å². The van der Waals surface area contributed by atoms with E-state index in [1.165, 1.54) is 29.8 Å². The summed E-state index contributed by atoms with van der Waals surface area (Å²) in [5, 5.41) is 5.52. The van der Waals surface area contributed by atoms with Gasteiger partial charge in [-0.25, -0.2) is 14.5 Å². The average molecular weight is 450 g/mol. The Morgan fingerprint density at radius 2 is 2.09 bits per heavy atom. The van der Waals surface area contributed by atoms with Crippen LogP contribution < -0.4 is 4.90 Å². The third-order valence-electron chi connectivity index (χ3n) is 6.97. The van der Waals surface area contributed by atoms with E-state index >= 15 is 0 Å². The number of H-pyrrole nitrogens is 1. The van der Waals surface area contributed by atoms with E-state index in [1.54, 1.807) is 17.7 Å². The molecule has 1 unspecified atom stereocenters. The van der Waals surface area contributed by atoms with E-state index in [4.69, 9.17) is 4.98 Å². The molecule has 1 atom stereocenters. The molecule has 1 aliphatic carbocycles. The summed E-state index contributed by atoms with van der Waals surface area (Å²) in [4.78, 5) is 19.6. The Balaban J connectivity index is 1.34. The van der Waals surface area contributed by atoms with Crippen molar-refractivity contribution in [1.82, 2.24) is 29.5 Å². The van der Waals surface area contributed by atoms with Crippen molar-refractivity contribution in [3.63, 3.8) is 0 Å². The number of hydrogen-bond acceptors (Lipinski definition) is 6. The molecule has 4 aromatic rings. The van der Waals surface area contributed by atoms with Gasteiger partial charge in [-0.1, -0.05) is 25.2 Å². The molecule has 2 fully saturated rings. The summed E-state index contributed by atoms with van der Waals surface area (Å²) in [5.41, 5.74) is 6.74. The minimum absolute atomic E-state index is 0.369. The van der Waals surface area contributed by atoms with E-state index < -0.39 is 0 Å². The van der Waals surface area contributed by atoms with Crippen LogP contribution in [0.25, 0.3) is 27.3 Å². The number of nitrogens with one attached hydrogen (secondary N) is 1. The number of anilines is 1. The molecule has 1 aliphatic heterocycles. The molecule has 0 amide bonds. The largest absolute Gasteiger partial charge is 0.345 e. The van der Waals surface area contributed by atoms with Gasteiger partial charge in [-0.2, -0.15) is 5.10 Å². The Hall–Kier alpha value is -2.45. The summed E-state index contributed by atoms with van der Waals surface area (Å²) >= 11 is 1.80. The van der Waals surface area contributed by atoms with Crippen molar-refractivity contribution in [1.29, 1.82) is 0 Å². The lowest BCUT2D eigenvalue weighted by atomic mass is 9.99. The highest BCUT2D eigenvalue weighted by Crippen LogP contribution is 2.40. The third-order valence-corrected chi connectivity index (χ3v) is 7.98. The van der Waals surface area contributed by atoms with Gasteiger partial charge in [0.1, 0.15) is 16.7 Å². The smallest absolute Gasteiger partial charge is 0.188 e. The number of fused-ring (bicyclic) bond motifs is 2. The fourth-order valence-electron chi connectivity index (χ4n) is 5.17. The van der Waals surface area contributed by atoms with Crippen molar-refractivity contribution in [3.8, 4) is 11.3 Å². The molecular formula is C24H31N7S. The van der Waals surface area contributed by atoms with Crippen molar-refractivity contribution in [2.24, 2.45) is 5.92 Å². The third kappa shape index (κ3) is 3.40. The molecule has 5 heterocycles. The first-order valence-corrected chi connectivity index (χ1v) is 12.6. The van der Waals surface area contributed by atoms with Gasteiger partial charge in [-0.15, -0.1) is 0 Å². The molecule has 0 bridgehead atoms. The van der Waals surface area contributed by atoms with E-state index in [2.05, 4.69) is 64.8 Å². The second-order valence-corrected chi connectivity index (χ2v) is 10.9. The number of aryl methyl sites for hydroxylation is 1. The number of nitrogens with zero attached hydrogens (tertiary/aromatic N) is 6. The number of piperazine rings is 1. The van der Waals surface area contributed by atoms with Crippen LogP contribution in [0.1, 0.15) is 50.7 Å². The summed E-state index contributed by atoms with van der Waals surface area (Å²) in [5.74, 6) is 1.33. The zero-order valence-electron chi connectivity index (χ0n) is 19.3. The van der Waals surface area contributed by atoms with E-state index in [1.807, 2.05) is 4.52 Å². The highest BCUT2D eigenvalue weighted by Gasteiger charge is 2.31. The van der Waals surface area contributed by atoms with Crippen LogP contribution in [-0.4, -0.2) is 61.7 Å². The zero-order valence-corrected chi connectivity index (χ0v) is 20.1. The second-order valence-electron chi connectivity index (χ2n) is 9.93. The molecule has 168 valence electrons. The quantitative estimate of drug-likeness (QED) is 0.479. The SMILES string of the molecule is Cc1cc(-c2[nH]c3sc(N4CCN(CC5CC5)CC4C)nc3c2C(C)C)cn2ncnc12. The van der Waals surface area contributed by atoms with Crippen LogP contribution in [0.2, 0.25) is 0 Å². The number of hydrogen-bond donors (Lipinski definition) is 1. The molecule has 0 radical (unpaired) electrons. The summed E-state index contributed by atoms with van der Waals surface area (Å²) in [6.45, 7) is 13.6. The molecule has 1 N–H and O–H groups in total. The molecule has 1 saturated carbocycles. The molecule has 6 rings (SSSR count). The lowest BCUT2D eigenvalue weighted by Gasteiger charge is -2.39. The summed E-state index contributed by atoms with van der Waals surface area (Å²) in [6, 6.07) is 2.70. The minimum atomic E-state index is 0.369. The highest BCUT2D eigenvalue weighted by atomic mass is 32.1. The maximum absolute atomic E-state index is 5.19. The Bertz CT molecular complexity index is 1280. The first-order valence-electron chi connectivity index (χ1n) is 11.8. The molecule has 2 aliphatic rings. The standard InChI is InChI=1S/C24H31N7S/c1-14(2)19-20(18-9-15(3)22-25-13-26-31(22)12-18)27-23-21(19)28-24(32-23)30-8-7-29(10-16(30)4)11-17-5-6-17/h9,12-14,16-17,27H,5-8,10-11H2,1-4H3. The fraction of sp³-hybridized carbons (Fsp3) is 0.542. The van der Waals surface area contributed by atoms with Gasteiger partial charge in [0, 0.05) is 49.5 Å². The molecule has 0 aromatic carbocycles. The maximum Gasteiger partial charge on any atom is 0.188 e. The zero-order chi connectivity index (χ0) is 22.0. The molecule has 7 nitrogen and oxygen atoms in total. The van der Waals surface area contributed by atoms with Crippen LogP contribution in [0.15, 0.2) is 18.6 Å². The normalized spacial score (nSPS) is 20.3. The topological polar surface area (TPSA) is 65.4 Å². The summed E-state index contributed by atoms with van der Waals surface area (Å²) in [7, 11) is 0. The van der Waals surface area contributed by atoms with Gasteiger partial charge in [-0.05, 0) is 50.2 Å². The van der Waals surface area contributed by atoms with Gasteiger partial charge >= 0.3 is 0 Å². The van der Waals surface area contributed by atoms with Gasteiger partial charge < -0.3 is 9.88 Å². The monoisotopic (exact) mass is 449 g/mol. The Kier molecular flexibility index (Phi) is 4.76. The Morgan fingerprint density at radius 1 is 1.25 bits per heavy atom. The predicted octanol–water partition coefficient (Wildman–Crippen LogP) is 4.69. The van der Waals surface area contributed by atoms with Crippen molar-refractivity contribution in [3.05, 3.63) is 29.7 Å². The number of pyridine rings is 1. The van der Waals surface area contributed by atoms with Gasteiger partial charge in [0.15, 0.2) is 10.8 Å². The lowest BCUT2D eigenvalue weighted by molar-refractivity contribution is 0.220. The van der Waals surface area contributed by atoms with Crippen LogP contribution in [0.4, 0.5) is 5.13 Å². The van der Waals surface area contributed by atoms with Gasteiger partial charge in [-0.3, -0.25) is 4.90 Å². The lowest BCUT2D eigenvalue weighted by Crippen LogP contribution is -2.52. The van der Waals surface area contributed by atoms with Crippen molar-refractivity contribution in [2.75, 3.05) is 31.1 Å². The van der Waals surface area contributed by atoms with Crippen molar-refractivity contribution < 1.29 is 0 Å². The fourth-order valence-corrected chi connectivity index (χ4v) is 6.28. The number of rotatable bonds is 5. The van der Waals surface area contributed by atoms with Crippen LogP contribution in [0.3, 0.4) is 0 Å². The summed E-state index contributed by atoms with van der Waals surface area (Å²) in [6.07, 6.45) is 6.53. The minimum Gasteiger partial charge on any atom is -0.345 e. The number of thiazole rings is 1. The van der Waals surface area contributed by atoms with Gasteiger partial charge in [0.25, 0.3) is 0 Å². The van der Waals surface area contributed by atoms with Crippen molar-refractivity contribution in [2.45, 2.75) is 52.5 Å². The molecule has 4 aromatic heterocycles. The molecular weight excluding hydrogens is 418 g/mol. The molecule has 32 heavy (non-hydrogen) atoms. The summed E-state index contributed by atoms with van der Waals surface area (Å²) < 4.78 is 1.87. The number of aromatic nitrogens is 5. The molecule has 1 saturated heterocycles. The van der Waals surface area contributed by atoms with Crippen LogP contribution >= 0.6 is 11.3 Å². The van der Waals surface area contributed by atoms with Crippen LogP contribution in [0, 0.1) is 12.8 Å². The first kappa shape index (κ1) is 20.2.